The molecule has 0 amide bonds. The van der Waals surface area contributed by atoms with Crippen LogP contribution in [-0.4, -0.2) is 4.98 Å². The van der Waals surface area contributed by atoms with Gasteiger partial charge in [0.15, 0.2) is 0 Å². The molecule has 0 N–H and O–H groups in total. The topological polar surface area (TPSA) is 12.9 Å². The van der Waals surface area contributed by atoms with Crippen LogP contribution < -0.4 is 0 Å². The summed E-state index contributed by atoms with van der Waals surface area (Å²) in [6.45, 7) is 6.33. The number of benzene rings is 4. The van der Waals surface area contributed by atoms with E-state index in [-0.39, 0.29) is 41.0 Å². The van der Waals surface area contributed by atoms with Crippen LogP contribution in [0.25, 0.3) is 44.1 Å². The minimum Gasteiger partial charge on any atom is -0.247 e. The van der Waals surface area contributed by atoms with E-state index in [1.807, 2.05) is 31.2 Å². The van der Waals surface area contributed by atoms with E-state index in [1.54, 1.807) is 6.07 Å². The van der Waals surface area contributed by atoms with Gasteiger partial charge in [-0.1, -0.05) is 92.6 Å². The van der Waals surface area contributed by atoms with Crippen molar-refractivity contribution in [2.24, 2.45) is 0 Å². The molecule has 0 fully saturated rings. The van der Waals surface area contributed by atoms with Crippen LogP contribution in [0.1, 0.15) is 37.4 Å². The van der Waals surface area contributed by atoms with Gasteiger partial charge in [-0.3, -0.25) is 0 Å². The number of aromatic nitrogens is 1. The van der Waals surface area contributed by atoms with Gasteiger partial charge in [0.05, 0.1) is 18.1 Å². The van der Waals surface area contributed by atoms with Gasteiger partial charge in [0.2, 0.25) is 0 Å². The number of rotatable bonds is 1. The molecule has 1 aliphatic rings. The zero-order valence-electron chi connectivity index (χ0n) is 22.1. The van der Waals surface area contributed by atoms with Gasteiger partial charge in [-0.15, -0.1) is 0 Å². The number of pyridine rings is 1. The number of aryl methyl sites for hydroxylation is 1. The molecule has 6 rings (SSSR count). The molecule has 0 aliphatic heterocycles. The molecule has 0 unspecified atom stereocenters. The summed E-state index contributed by atoms with van der Waals surface area (Å²) in [6, 6.07) is 17.4. The first-order valence-electron chi connectivity index (χ1n) is 12.7. The standard InChI is InChI=1S/C29H23N/c1-18-20-11-5-4-10-19(20)16-17-21(18)28-26-22-12-6-8-14-24(22)29(2,3)27(26)23-13-7-9-15-25(23)30-28/h4-17H,1-3H3/i4D,5D,10D,11D,16D. The van der Waals surface area contributed by atoms with Gasteiger partial charge in [-0.2, -0.15) is 0 Å². The van der Waals surface area contributed by atoms with Crippen molar-refractivity contribution in [2.75, 3.05) is 0 Å². The molecule has 30 heavy (non-hydrogen) atoms. The quantitative estimate of drug-likeness (QED) is 0.286. The van der Waals surface area contributed by atoms with Crippen LogP contribution in [0.15, 0.2) is 84.8 Å². The van der Waals surface area contributed by atoms with E-state index in [2.05, 4.69) is 38.1 Å². The van der Waals surface area contributed by atoms with Crippen LogP contribution in [0.4, 0.5) is 0 Å². The first-order valence-corrected chi connectivity index (χ1v) is 10.2. The van der Waals surface area contributed by atoms with Crippen LogP contribution in [0, 0.1) is 6.92 Å². The predicted molar refractivity (Wildman–Crippen MR) is 127 cm³/mol. The summed E-state index contributed by atoms with van der Waals surface area (Å²) in [5.41, 5.74) is 7.36. The fourth-order valence-corrected chi connectivity index (χ4v) is 5.03. The molecule has 0 spiro atoms. The summed E-state index contributed by atoms with van der Waals surface area (Å²) < 4.78 is 42.0. The third-order valence-electron chi connectivity index (χ3n) is 6.47. The molecule has 1 heteroatoms. The zero-order chi connectivity index (χ0) is 24.8. The zero-order valence-corrected chi connectivity index (χ0v) is 17.1. The molecule has 0 bridgehead atoms. The Balaban J connectivity index is 1.82. The van der Waals surface area contributed by atoms with E-state index >= 15 is 0 Å². The van der Waals surface area contributed by atoms with Crippen molar-refractivity contribution >= 4 is 21.7 Å². The van der Waals surface area contributed by atoms with Crippen LogP contribution in [0.3, 0.4) is 0 Å². The number of hydrogen-bond donors (Lipinski definition) is 0. The predicted octanol–water partition coefficient (Wildman–Crippen LogP) is 7.67. The summed E-state index contributed by atoms with van der Waals surface area (Å²) in [5, 5.41) is 1.72. The van der Waals surface area contributed by atoms with Crippen LogP contribution in [-0.2, 0) is 5.41 Å². The molecule has 1 aliphatic carbocycles. The van der Waals surface area contributed by atoms with E-state index in [1.165, 1.54) is 11.1 Å². The van der Waals surface area contributed by atoms with Crippen molar-refractivity contribution < 1.29 is 6.85 Å². The van der Waals surface area contributed by atoms with Crippen LogP contribution in [0.2, 0.25) is 0 Å². The Kier molecular flexibility index (Phi) is 2.61. The Hall–Kier alpha value is -3.45. The molecule has 4 aromatic carbocycles. The van der Waals surface area contributed by atoms with Crippen molar-refractivity contribution in [3.8, 4) is 22.4 Å². The molecule has 0 radical (unpaired) electrons. The summed E-state index contributed by atoms with van der Waals surface area (Å²) in [6.07, 6.45) is 0. The van der Waals surface area contributed by atoms with Gasteiger partial charge in [0, 0.05) is 21.9 Å². The van der Waals surface area contributed by atoms with Crippen molar-refractivity contribution in [3.63, 3.8) is 0 Å². The number of para-hydroxylation sites is 1. The molecule has 144 valence electrons. The Morgan fingerprint density at radius 1 is 0.800 bits per heavy atom. The molecule has 1 nitrogen and oxygen atoms in total. The Morgan fingerprint density at radius 3 is 2.47 bits per heavy atom. The molecular weight excluding hydrogens is 362 g/mol. The average molecular weight is 391 g/mol. The highest BCUT2D eigenvalue weighted by Gasteiger charge is 2.39. The Labute approximate surface area is 184 Å². The summed E-state index contributed by atoms with van der Waals surface area (Å²) in [7, 11) is 0. The van der Waals surface area contributed by atoms with Crippen molar-refractivity contribution in [1.29, 1.82) is 0 Å². The minimum absolute atomic E-state index is 0.0712. The Bertz CT molecular complexity index is 1740. The van der Waals surface area contributed by atoms with E-state index in [9.17, 15) is 0 Å². The largest absolute Gasteiger partial charge is 0.247 e. The second-order valence-corrected chi connectivity index (χ2v) is 8.48. The van der Waals surface area contributed by atoms with Crippen LogP contribution >= 0.6 is 0 Å². The lowest BCUT2D eigenvalue weighted by Gasteiger charge is -2.23. The molecule has 5 aromatic rings. The van der Waals surface area contributed by atoms with E-state index in [4.69, 9.17) is 11.8 Å². The smallest absolute Gasteiger partial charge is 0.0794 e. The van der Waals surface area contributed by atoms with E-state index in [0.29, 0.717) is 10.9 Å². The first kappa shape index (κ1) is 13.0. The summed E-state index contributed by atoms with van der Waals surface area (Å²) >= 11 is 0. The lowest BCUT2D eigenvalue weighted by atomic mass is 9.80. The fourth-order valence-electron chi connectivity index (χ4n) is 5.03. The monoisotopic (exact) mass is 390 g/mol. The lowest BCUT2D eigenvalue weighted by Crippen LogP contribution is -2.15. The van der Waals surface area contributed by atoms with Crippen molar-refractivity contribution in [3.05, 3.63) is 101 Å². The number of hydrogen-bond acceptors (Lipinski definition) is 1. The Morgan fingerprint density at radius 2 is 1.57 bits per heavy atom. The van der Waals surface area contributed by atoms with Gasteiger partial charge in [0.25, 0.3) is 0 Å². The molecule has 1 aromatic heterocycles. The first-order chi connectivity index (χ1) is 16.6. The van der Waals surface area contributed by atoms with E-state index in [0.717, 1.165) is 33.3 Å². The van der Waals surface area contributed by atoms with Crippen molar-refractivity contribution in [2.45, 2.75) is 26.2 Å². The minimum atomic E-state index is -0.316. The van der Waals surface area contributed by atoms with Gasteiger partial charge in [-0.05, 0) is 46.0 Å². The molecule has 1 heterocycles. The number of fused-ring (bicyclic) bond motifs is 6. The molecule has 0 saturated carbocycles. The third kappa shape index (κ3) is 2.21. The summed E-state index contributed by atoms with van der Waals surface area (Å²) in [4.78, 5) is 5.11. The lowest BCUT2D eigenvalue weighted by molar-refractivity contribution is 0.666. The third-order valence-corrected chi connectivity index (χ3v) is 6.47. The maximum absolute atomic E-state index is 8.76. The highest BCUT2D eigenvalue weighted by atomic mass is 14.7. The molecule has 0 atom stereocenters. The number of nitrogens with zero attached hydrogens (tertiary/aromatic N) is 1. The van der Waals surface area contributed by atoms with Gasteiger partial charge < -0.3 is 0 Å². The van der Waals surface area contributed by atoms with E-state index < -0.39 is 0 Å². The highest BCUT2D eigenvalue weighted by Crippen LogP contribution is 2.54. The summed E-state index contributed by atoms with van der Waals surface area (Å²) in [5.74, 6) is 0. The average Bonchev–Trinajstić information content (AvgIpc) is 3.09. The fraction of sp³-hybridized carbons (Fsp3) is 0.138. The van der Waals surface area contributed by atoms with Gasteiger partial charge in [0.1, 0.15) is 0 Å². The van der Waals surface area contributed by atoms with Gasteiger partial charge >= 0.3 is 0 Å². The maximum Gasteiger partial charge on any atom is 0.0794 e. The SMILES string of the molecule is [2H]c1c([2H])c([2H])c2c(C)c(-c3nc4ccccc4c4c3-c3ccccc3C4(C)C)cc([2H])c2c1[2H]. The van der Waals surface area contributed by atoms with Crippen LogP contribution in [0.5, 0.6) is 0 Å². The van der Waals surface area contributed by atoms with Gasteiger partial charge in [-0.25, -0.2) is 4.98 Å². The molecule has 0 saturated heterocycles. The molecular formula is C29H23N. The second-order valence-electron chi connectivity index (χ2n) is 8.48. The maximum atomic E-state index is 8.76. The highest BCUT2D eigenvalue weighted by molar-refractivity contribution is 6.03. The second kappa shape index (κ2) is 6.03. The normalized spacial score (nSPS) is 16.4. The van der Waals surface area contributed by atoms with Crippen molar-refractivity contribution in [1.82, 2.24) is 4.98 Å².